The lowest BCUT2D eigenvalue weighted by atomic mass is 10.1. The van der Waals surface area contributed by atoms with Gasteiger partial charge in [0.2, 0.25) is 5.91 Å². The van der Waals surface area contributed by atoms with E-state index in [9.17, 15) is 14.4 Å². The predicted molar refractivity (Wildman–Crippen MR) is 80.5 cm³/mol. The van der Waals surface area contributed by atoms with Crippen molar-refractivity contribution in [1.82, 2.24) is 15.6 Å². The molecule has 0 saturated heterocycles. The number of aromatic nitrogens is 1. The van der Waals surface area contributed by atoms with Gasteiger partial charge in [0.25, 0.3) is 5.91 Å². The van der Waals surface area contributed by atoms with Gasteiger partial charge in [0.05, 0.1) is 0 Å². The van der Waals surface area contributed by atoms with E-state index in [4.69, 9.17) is 0 Å². The second kappa shape index (κ2) is 7.06. The van der Waals surface area contributed by atoms with Crippen LogP contribution in [0.5, 0.6) is 0 Å². The second-order valence-electron chi connectivity index (χ2n) is 5.17. The molecule has 0 spiro atoms. The minimum atomic E-state index is -0.632. The van der Waals surface area contributed by atoms with Crippen LogP contribution in [-0.2, 0) is 4.79 Å². The van der Waals surface area contributed by atoms with Crippen LogP contribution in [0.3, 0.4) is 0 Å². The van der Waals surface area contributed by atoms with Crippen molar-refractivity contribution in [2.45, 2.75) is 47.1 Å². The summed E-state index contributed by atoms with van der Waals surface area (Å²) in [5, 5.41) is 5.35. The van der Waals surface area contributed by atoms with E-state index < -0.39 is 6.04 Å². The molecule has 2 amide bonds. The largest absolute Gasteiger partial charge is 0.354 e. The first-order valence-corrected chi connectivity index (χ1v) is 7.08. The fraction of sp³-hybridized carbons (Fsp3) is 0.533. The third-order valence-electron chi connectivity index (χ3n) is 3.31. The molecular formula is C15H23N3O3. The minimum absolute atomic E-state index is 0.0889. The van der Waals surface area contributed by atoms with Crippen molar-refractivity contribution in [3.8, 4) is 0 Å². The maximum Gasteiger partial charge on any atom is 0.268 e. The van der Waals surface area contributed by atoms with Gasteiger partial charge in [-0.3, -0.25) is 14.4 Å². The van der Waals surface area contributed by atoms with Crippen LogP contribution in [0.1, 0.15) is 59.3 Å². The van der Waals surface area contributed by atoms with Crippen molar-refractivity contribution in [2.24, 2.45) is 0 Å². The number of carbonyl (C=O) groups is 3. The molecule has 0 unspecified atom stereocenters. The third-order valence-corrected chi connectivity index (χ3v) is 3.31. The number of hydrogen-bond donors (Lipinski definition) is 3. The SMILES string of the molecule is CCCNC(=O)[C@H](C)NC(=O)c1[nH]c(C)c(C(C)=O)c1C. The molecule has 116 valence electrons. The van der Waals surface area contributed by atoms with E-state index in [2.05, 4.69) is 15.6 Å². The average molecular weight is 293 g/mol. The highest BCUT2D eigenvalue weighted by Crippen LogP contribution is 2.18. The number of aryl methyl sites for hydroxylation is 1. The predicted octanol–water partition coefficient (Wildman–Crippen LogP) is 1.48. The number of amides is 2. The summed E-state index contributed by atoms with van der Waals surface area (Å²) in [4.78, 5) is 38.4. The molecule has 6 heteroatoms. The number of carbonyl (C=O) groups excluding carboxylic acids is 3. The lowest BCUT2D eigenvalue weighted by Crippen LogP contribution is -2.45. The Kier molecular flexibility index (Phi) is 5.69. The van der Waals surface area contributed by atoms with E-state index in [0.717, 1.165) is 6.42 Å². The van der Waals surface area contributed by atoms with Crippen molar-refractivity contribution in [3.05, 3.63) is 22.5 Å². The van der Waals surface area contributed by atoms with E-state index in [1.807, 2.05) is 6.92 Å². The van der Waals surface area contributed by atoms with Gasteiger partial charge in [-0.2, -0.15) is 0 Å². The number of ketones is 1. The molecule has 0 aliphatic heterocycles. The zero-order chi connectivity index (χ0) is 16.2. The lowest BCUT2D eigenvalue weighted by Gasteiger charge is -2.13. The molecule has 0 saturated carbocycles. The Labute approximate surface area is 124 Å². The molecule has 1 rings (SSSR count). The van der Waals surface area contributed by atoms with Crippen LogP contribution in [0.2, 0.25) is 0 Å². The normalized spacial score (nSPS) is 11.9. The van der Waals surface area contributed by atoms with E-state index in [1.165, 1.54) is 6.92 Å². The highest BCUT2D eigenvalue weighted by molar-refractivity contribution is 6.03. The number of Topliss-reactive ketones (excluding diaryl/α,β-unsaturated/α-hetero) is 1. The Morgan fingerprint density at radius 2 is 1.86 bits per heavy atom. The number of nitrogens with one attached hydrogen (secondary N) is 3. The minimum Gasteiger partial charge on any atom is -0.354 e. The molecule has 0 aliphatic rings. The first-order valence-electron chi connectivity index (χ1n) is 7.08. The Bertz CT molecular complexity index is 561. The van der Waals surface area contributed by atoms with E-state index in [-0.39, 0.29) is 17.6 Å². The van der Waals surface area contributed by atoms with E-state index in [1.54, 1.807) is 20.8 Å². The summed E-state index contributed by atoms with van der Waals surface area (Å²) >= 11 is 0. The highest BCUT2D eigenvalue weighted by Gasteiger charge is 2.22. The zero-order valence-corrected chi connectivity index (χ0v) is 13.2. The smallest absolute Gasteiger partial charge is 0.268 e. The van der Waals surface area contributed by atoms with Crippen molar-refractivity contribution in [2.75, 3.05) is 6.54 Å². The summed E-state index contributed by atoms with van der Waals surface area (Å²) in [6.07, 6.45) is 0.837. The fourth-order valence-electron chi connectivity index (χ4n) is 2.24. The van der Waals surface area contributed by atoms with Gasteiger partial charge in [0, 0.05) is 17.8 Å². The Balaban J connectivity index is 2.83. The highest BCUT2D eigenvalue weighted by atomic mass is 16.2. The first kappa shape index (κ1) is 16.9. The number of rotatable bonds is 6. The topological polar surface area (TPSA) is 91.1 Å². The lowest BCUT2D eigenvalue weighted by molar-refractivity contribution is -0.122. The summed E-state index contributed by atoms with van der Waals surface area (Å²) in [6, 6.07) is -0.632. The Morgan fingerprint density at radius 3 is 2.33 bits per heavy atom. The number of hydrogen-bond acceptors (Lipinski definition) is 3. The summed E-state index contributed by atoms with van der Waals surface area (Å²) in [5.74, 6) is -0.700. The van der Waals surface area contributed by atoms with Gasteiger partial charge >= 0.3 is 0 Å². The number of H-pyrrole nitrogens is 1. The standard InChI is InChI=1S/C15H23N3O3/c1-6-7-16-14(20)10(4)18-15(21)13-8(2)12(11(5)19)9(3)17-13/h10,17H,6-7H2,1-5H3,(H,16,20)(H,18,21)/t10-/m0/s1. The molecule has 1 atom stereocenters. The molecule has 21 heavy (non-hydrogen) atoms. The molecule has 0 aliphatic carbocycles. The van der Waals surface area contributed by atoms with Crippen LogP contribution in [0.4, 0.5) is 0 Å². The molecule has 6 nitrogen and oxygen atoms in total. The van der Waals surface area contributed by atoms with Gasteiger partial charge in [-0.05, 0) is 39.7 Å². The van der Waals surface area contributed by atoms with Crippen molar-refractivity contribution in [3.63, 3.8) is 0 Å². The van der Waals surface area contributed by atoms with Crippen molar-refractivity contribution in [1.29, 1.82) is 0 Å². The van der Waals surface area contributed by atoms with Crippen molar-refractivity contribution < 1.29 is 14.4 Å². The molecule has 3 N–H and O–H groups in total. The maximum absolute atomic E-state index is 12.2. The van der Waals surface area contributed by atoms with Crippen LogP contribution in [0.25, 0.3) is 0 Å². The monoisotopic (exact) mass is 293 g/mol. The first-order chi connectivity index (χ1) is 9.79. The van der Waals surface area contributed by atoms with Gasteiger partial charge in [-0.15, -0.1) is 0 Å². The maximum atomic E-state index is 12.2. The van der Waals surface area contributed by atoms with Crippen LogP contribution >= 0.6 is 0 Å². The summed E-state index contributed by atoms with van der Waals surface area (Å²) in [5.41, 5.74) is 2.13. The number of aromatic amines is 1. The van der Waals surface area contributed by atoms with Crippen LogP contribution < -0.4 is 10.6 Å². The average Bonchev–Trinajstić information content (AvgIpc) is 2.71. The molecule has 0 radical (unpaired) electrons. The van der Waals surface area contributed by atoms with Crippen LogP contribution in [0, 0.1) is 13.8 Å². The zero-order valence-electron chi connectivity index (χ0n) is 13.2. The van der Waals surface area contributed by atoms with E-state index >= 15 is 0 Å². The van der Waals surface area contributed by atoms with Gasteiger partial charge in [0.1, 0.15) is 11.7 Å². The quantitative estimate of drug-likeness (QED) is 0.694. The molecule has 1 heterocycles. The van der Waals surface area contributed by atoms with Crippen molar-refractivity contribution >= 4 is 17.6 Å². The van der Waals surface area contributed by atoms with Crippen LogP contribution in [-0.4, -0.2) is 35.2 Å². The molecule has 1 aromatic rings. The Morgan fingerprint density at radius 1 is 1.24 bits per heavy atom. The fourth-order valence-corrected chi connectivity index (χ4v) is 2.24. The molecule has 0 fully saturated rings. The Hall–Kier alpha value is -2.11. The summed E-state index contributed by atoms with van der Waals surface area (Å²) in [7, 11) is 0. The third kappa shape index (κ3) is 3.93. The van der Waals surface area contributed by atoms with Gasteiger partial charge < -0.3 is 15.6 Å². The molecule has 1 aromatic heterocycles. The second-order valence-corrected chi connectivity index (χ2v) is 5.17. The summed E-state index contributed by atoms with van der Waals surface area (Å²) in [6.45, 7) is 9.09. The molecule has 0 bridgehead atoms. The van der Waals surface area contributed by atoms with Gasteiger partial charge in [0.15, 0.2) is 5.78 Å². The molecule has 0 aromatic carbocycles. The summed E-state index contributed by atoms with van der Waals surface area (Å²) < 4.78 is 0. The van der Waals surface area contributed by atoms with Gasteiger partial charge in [-0.1, -0.05) is 6.92 Å². The van der Waals surface area contributed by atoms with Gasteiger partial charge in [-0.25, -0.2) is 0 Å². The van der Waals surface area contributed by atoms with Crippen LogP contribution in [0.15, 0.2) is 0 Å². The van der Waals surface area contributed by atoms with E-state index in [0.29, 0.717) is 29.1 Å². The molecular weight excluding hydrogens is 270 g/mol.